The summed E-state index contributed by atoms with van der Waals surface area (Å²) < 4.78 is 7.11. The second-order valence-electron chi connectivity index (χ2n) is 3.81. The van der Waals surface area contributed by atoms with E-state index in [1.807, 2.05) is 0 Å². The van der Waals surface area contributed by atoms with E-state index >= 15 is 0 Å². The number of aliphatic hydroxyl groups excluding tert-OH is 1. The highest BCUT2D eigenvalue weighted by Crippen LogP contribution is 2.18. The zero-order valence-corrected chi connectivity index (χ0v) is 9.24. The third-order valence-electron chi connectivity index (χ3n) is 2.57. The predicted molar refractivity (Wildman–Crippen MR) is 60.0 cm³/mol. The number of nitrogen functional groups attached to an aromatic ring is 1. The fourth-order valence-electron chi connectivity index (χ4n) is 1.65. The molecule has 1 aliphatic rings. The molecule has 0 saturated carbocycles. The van der Waals surface area contributed by atoms with Crippen molar-refractivity contribution < 1.29 is 9.84 Å². The average molecular weight is 239 g/mol. The summed E-state index contributed by atoms with van der Waals surface area (Å²) in [6.45, 7) is 1.40. The van der Waals surface area contributed by atoms with Crippen LogP contribution in [0.2, 0.25) is 0 Å². The Hall–Kier alpha value is -1.86. The lowest BCUT2D eigenvalue weighted by Crippen LogP contribution is -2.46. The number of nitrogens with two attached hydrogens (primary N) is 1. The predicted octanol–water partition coefficient (Wildman–Crippen LogP) is -1.52. The topological polar surface area (TPSA) is 99.5 Å². The van der Waals surface area contributed by atoms with Crippen molar-refractivity contribution in [3.8, 4) is 0 Å². The van der Waals surface area contributed by atoms with Gasteiger partial charge in [0.05, 0.1) is 6.61 Å². The Kier molecular flexibility index (Phi) is 2.86. The molecule has 2 heterocycles. The molecule has 0 fully saturated rings. The Balaban J connectivity index is 2.45. The second-order valence-corrected chi connectivity index (χ2v) is 3.81. The first kappa shape index (κ1) is 11.6. The molecule has 0 bridgehead atoms. The summed E-state index contributed by atoms with van der Waals surface area (Å²) in [5.41, 5.74) is -0.850. The Morgan fingerprint density at radius 2 is 2.18 bits per heavy atom. The number of hydrogen-bond acceptors (Lipinski definition) is 5. The van der Waals surface area contributed by atoms with E-state index in [9.17, 15) is 9.59 Å². The van der Waals surface area contributed by atoms with Gasteiger partial charge in [-0.25, -0.2) is 4.79 Å². The Morgan fingerprint density at radius 1 is 1.47 bits per heavy atom. The summed E-state index contributed by atoms with van der Waals surface area (Å²) in [6, 6.07) is 0. The smallest absolute Gasteiger partial charge is 0.352 e. The standard InChI is InChI=1S/C10H13N3O4/c1-6-4-12(10(16)13(11)9(6)15)8-3-2-7(5-14)17-8/h2-4,7-8,14H,5,11H2,1H3/t7-,8+/m0/s1. The molecule has 0 aromatic carbocycles. The van der Waals surface area contributed by atoms with Crippen molar-refractivity contribution in [2.45, 2.75) is 19.3 Å². The summed E-state index contributed by atoms with van der Waals surface area (Å²) >= 11 is 0. The highest BCUT2D eigenvalue weighted by Gasteiger charge is 2.22. The maximum atomic E-state index is 11.7. The Morgan fingerprint density at radius 3 is 2.76 bits per heavy atom. The van der Waals surface area contributed by atoms with Crippen molar-refractivity contribution in [3.05, 3.63) is 44.8 Å². The molecule has 7 nitrogen and oxygen atoms in total. The molecule has 7 heteroatoms. The first-order valence-corrected chi connectivity index (χ1v) is 5.09. The number of rotatable bonds is 2. The van der Waals surface area contributed by atoms with Crippen molar-refractivity contribution in [3.63, 3.8) is 0 Å². The lowest BCUT2D eigenvalue weighted by Gasteiger charge is -2.16. The fraction of sp³-hybridized carbons (Fsp3) is 0.400. The van der Waals surface area contributed by atoms with E-state index in [1.165, 1.54) is 10.8 Å². The fourth-order valence-corrected chi connectivity index (χ4v) is 1.65. The second kappa shape index (κ2) is 4.19. The molecule has 0 unspecified atom stereocenters. The molecular weight excluding hydrogens is 226 g/mol. The minimum absolute atomic E-state index is 0.164. The molecule has 1 aromatic rings. The largest absolute Gasteiger partial charge is 0.393 e. The normalized spacial score (nSPS) is 23.2. The Labute approximate surface area is 96.3 Å². The quantitative estimate of drug-likeness (QED) is 0.482. The van der Waals surface area contributed by atoms with Crippen LogP contribution in [-0.4, -0.2) is 27.1 Å². The van der Waals surface area contributed by atoms with Gasteiger partial charge in [-0.15, -0.1) is 0 Å². The zero-order valence-electron chi connectivity index (χ0n) is 9.24. The van der Waals surface area contributed by atoms with Gasteiger partial charge in [0.1, 0.15) is 6.10 Å². The van der Waals surface area contributed by atoms with Crippen LogP contribution in [0.1, 0.15) is 11.8 Å². The van der Waals surface area contributed by atoms with Gasteiger partial charge < -0.3 is 15.7 Å². The van der Waals surface area contributed by atoms with Crippen molar-refractivity contribution in [2.24, 2.45) is 0 Å². The third kappa shape index (κ3) is 1.90. The summed E-state index contributed by atoms with van der Waals surface area (Å²) in [5, 5.41) is 8.91. The molecule has 0 saturated heterocycles. The lowest BCUT2D eigenvalue weighted by atomic mass is 10.3. The van der Waals surface area contributed by atoms with Crippen LogP contribution in [0, 0.1) is 6.92 Å². The van der Waals surface area contributed by atoms with E-state index in [0.29, 0.717) is 10.2 Å². The molecule has 0 aliphatic carbocycles. The zero-order chi connectivity index (χ0) is 12.6. The van der Waals surface area contributed by atoms with Gasteiger partial charge in [-0.2, -0.15) is 4.68 Å². The number of hydrogen-bond donors (Lipinski definition) is 2. The number of nitrogens with zero attached hydrogens (tertiary/aromatic N) is 2. The molecule has 17 heavy (non-hydrogen) atoms. The summed E-state index contributed by atoms with van der Waals surface area (Å²) in [7, 11) is 0. The van der Waals surface area contributed by atoms with E-state index in [4.69, 9.17) is 15.7 Å². The molecule has 0 radical (unpaired) electrons. The van der Waals surface area contributed by atoms with Gasteiger partial charge in [0.2, 0.25) is 0 Å². The first-order chi connectivity index (χ1) is 8.04. The summed E-state index contributed by atoms with van der Waals surface area (Å²) in [5.74, 6) is 5.36. The van der Waals surface area contributed by atoms with Crippen LogP contribution >= 0.6 is 0 Å². The van der Waals surface area contributed by atoms with Gasteiger partial charge in [-0.1, -0.05) is 6.08 Å². The van der Waals surface area contributed by atoms with E-state index in [1.54, 1.807) is 19.1 Å². The van der Waals surface area contributed by atoms with Crippen LogP contribution in [0.25, 0.3) is 0 Å². The van der Waals surface area contributed by atoms with E-state index in [0.717, 1.165) is 0 Å². The molecule has 2 atom stereocenters. The highest BCUT2D eigenvalue weighted by atomic mass is 16.5. The van der Waals surface area contributed by atoms with Crippen LogP contribution < -0.4 is 17.1 Å². The molecule has 92 valence electrons. The van der Waals surface area contributed by atoms with E-state index in [-0.39, 0.29) is 6.61 Å². The number of ether oxygens (including phenoxy) is 1. The summed E-state index contributed by atoms with van der Waals surface area (Å²) in [6.07, 6.45) is 3.59. The molecule has 3 N–H and O–H groups in total. The van der Waals surface area contributed by atoms with Crippen LogP contribution in [0.3, 0.4) is 0 Å². The van der Waals surface area contributed by atoms with Crippen molar-refractivity contribution in [2.75, 3.05) is 12.4 Å². The Bertz CT molecular complexity index is 572. The molecule has 2 rings (SSSR count). The SMILES string of the molecule is Cc1cn([C@H]2C=C[C@@H](CO)O2)c(=O)n(N)c1=O. The maximum Gasteiger partial charge on any atom is 0.352 e. The average Bonchev–Trinajstić information content (AvgIpc) is 2.79. The van der Waals surface area contributed by atoms with Crippen molar-refractivity contribution >= 4 is 0 Å². The monoisotopic (exact) mass is 239 g/mol. The van der Waals surface area contributed by atoms with Crippen LogP contribution in [0.15, 0.2) is 27.9 Å². The van der Waals surface area contributed by atoms with E-state index < -0.39 is 23.6 Å². The van der Waals surface area contributed by atoms with E-state index in [2.05, 4.69) is 0 Å². The van der Waals surface area contributed by atoms with Gasteiger partial charge in [0.15, 0.2) is 6.23 Å². The van der Waals surface area contributed by atoms with Crippen LogP contribution in [0.4, 0.5) is 0 Å². The van der Waals surface area contributed by atoms with Crippen LogP contribution in [0.5, 0.6) is 0 Å². The molecular formula is C10H13N3O4. The maximum absolute atomic E-state index is 11.7. The molecule has 1 aliphatic heterocycles. The van der Waals surface area contributed by atoms with Gasteiger partial charge in [0.25, 0.3) is 5.56 Å². The lowest BCUT2D eigenvalue weighted by molar-refractivity contribution is -0.0108. The van der Waals surface area contributed by atoms with Gasteiger partial charge in [-0.3, -0.25) is 9.36 Å². The van der Waals surface area contributed by atoms with Crippen molar-refractivity contribution in [1.82, 2.24) is 9.24 Å². The van der Waals surface area contributed by atoms with Crippen LogP contribution in [-0.2, 0) is 4.74 Å². The minimum Gasteiger partial charge on any atom is -0.393 e. The highest BCUT2D eigenvalue weighted by molar-refractivity contribution is 5.07. The minimum atomic E-state index is -0.658. The third-order valence-corrected chi connectivity index (χ3v) is 2.57. The van der Waals surface area contributed by atoms with Gasteiger partial charge in [-0.05, 0) is 13.0 Å². The van der Waals surface area contributed by atoms with Gasteiger partial charge >= 0.3 is 5.69 Å². The number of aryl methyl sites for hydroxylation is 1. The molecule has 0 amide bonds. The summed E-state index contributed by atoms with van der Waals surface area (Å²) in [4.78, 5) is 23.2. The number of aliphatic hydroxyl groups is 1. The van der Waals surface area contributed by atoms with Gasteiger partial charge in [0, 0.05) is 11.8 Å². The first-order valence-electron chi connectivity index (χ1n) is 5.09. The number of aromatic nitrogens is 2. The van der Waals surface area contributed by atoms with Crippen molar-refractivity contribution in [1.29, 1.82) is 0 Å². The molecule has 1 aromatic heterocycles. The molecule has 0 spiro atoms.